The van der Waals surface area contributed by atoms with Crippen LogP contribution in [-0.2, 0) is 17.8 Å². The number of hydrogen-bond acceptors (Lipinski definition) is 4. The molecule has 0 amide bonds. The van der Waals surface area contributed by atoms with Gasteiger partial charge in [0, 0.05) is 32.9 Å². The highest BCUT2D eigenvalue weighted by molar-refractivity contribution is 7.99. The third kappa shape index (κ3) is 6.71. The second kappa shape index (κ2) is 9.50. The summed E-state index contributed by atoms with van der Waals surface area (Å²) in [7, 11) is 1.71. The van der Waals surface area contributed by atoms with Gasteiger partial charge in [-0.2, -0.15) is 11.8 Å². The first kappa shape index (κ1) is 14.5. The van der Waals surface area contributed by atoms with E-state index in [-0.39, 0.29) is 0 Å². The number of nitrogens with zero attached hydrogens (tertiary/aromatic N) is 2. The fourth-order valence-corrected chi connectivity index (χ4v) is 2.13. The third-order valence-corrected chi connectivity index (χ3v) is 3.37. The maximum atomic E-state index is 4.97. The summed E-state index contributed by atoms with van der Waals surface area (Å²) in [5.74, 6) is 2.44. The molecule has 1 N–H and O–H groups in total. The van der Waals surface area contributed by atoms with Gasteiger partial charge in [-0.25, -0.2) is 4.98 Å². The predicted molar refractivity (Wildman–Crippen MR) is 73.4 cm³/mol. The van der Waals surface area contributed by atoms with Crippen LogP contribution in [0.3, 0.4) is 0 Å². The molecule has 1 aromatic rings. The van der Waals surface area contributed by atoms with E-state index in [1.54, 1.807) is 7.11 Å². The van der Waals surface area contributed by atoms with Crippen molar-refractivity contribution in [1.29, 1.82) is 0 Å². The molecule has 0 saturated heterocycles. The molecule has 17 heavy (non-hydrogen) atoms. The molecule has 0 spiro atoms. The molecule has 1 heterocycles. The zero-order valence-electron chi connectivity index (χ0n) is 10.8. The normalized spacial score (nSPS) is 10.9. The van der Waals surface area contributed by atoms with Gasteiger partial charge in [0.1, 0.15) is 0 Å². The van der Waals surface area contributed by atoms with E-state index < -0.39 is 0 Å². The van der Waals surface area contributed by atoms with E-state index in [1.165, 1.54) is 17.9 Å². The summed E-state index contributed by atoms with van der Waals surface area (Å²) < 4.78 is 7.14. The Kier molecular flexibility index (Phi) is 8.13. The predicted octanol–water partition coefficient (Wildman–Crippen LogP) is 1.76. The van der Waals surface area contributed by atoms with Gasteiger partial charge in [-0.05, 0) is 17.9 Å². The van der Waals surface area contributed by atoms with E-state index >= 15 is 0 Å². The first-order valence-electron chi connectivity index (χ1n) is 6.15. The molecule has 5 heteroatoms. The van der Waals surface area contributed by atoms with Gasteiger partial charge >= 0.3 is 0 Å². The third-order valence-electron chi connectivity index (χ3n) is 2.38. The van der Waals surface area contributed by atoms with Gasteiger partial charge in [0.15, 0.2) is 0 Å². The molecule has 0 radical (unpaired) electrons. The minimum atomic E-state index is 0.745. The van der Waals surface area contributed by atoms with Gasteiger partial charge < -0.3 is 14.6 Å². The number of nitrogens with one attached hydrogen (secondary N) is 1. The quantitative estimate of drug-likeness (QED) is 0.648. The lowest BCUT2D eigenvalue weighted by Crippen LogP contribution is -2.18. The first-order chi connectivity index (χ1) is 8.36. The number of imidazole rings is 1. The lowest BCUT2D eigenvalue weighted by Gasteiger charge is -2.02. The van der Waals surface area contributed by atoms with Gasteiger partial charge in [0.2, 0.25) is 0 Å². The highest BCUT2D eigenvalue weighted by atomic mass is 32.2. The average molecular weight is 257 g/mol. The standard InChI is InChI=1S/C12H23N3OS/c1-3-17-8-4-6-15-10-12(14-11-15)9-13-5-7-16-2/h10-11,13H,3-9H2,1-2H3. The SMILES string of the molecule is CCSCCCn1cnc(CNCCOC)c1. The maximum absolute atomic E-state index is 4.97. The molecule has 0 aliphatic carbocycles. The van der Waals surface area contributed by atoms with Crippen LogP contribution in [0.25, 0.3) is 0 Å². The zero-order valence-corrected chi connectivity index (χ0v) is 11.6. The lowest BCUT2D eigenvalue weighted by molar-refractivity contribution is 0.199. The van der Waals surface area contributed by atoms with Crippen molar-refractivity contribution < 1.29 is 4.74 Å². The van der Waals surface area contributed by atoms with E-state index in [0.29, 0.717) is 0 Å². The molecule has 0 bridgehead atoms. The highest BCUT2D eigenvalue weighted by Gasteiger charge is 1.98. The minimum Gasteiger partial charge on any atom is -0.383 e. The van der Waals surface area contributed by atoms with Crippen molar-refractivity contribution in [1.82, 2.24) is 14.9 Å². The molecule has 0 aliphatic rings. The van der Waals surface area contributed by atoms with Crippen molar-refractivity contribution in [3.05, 3.63) is 18.2 Å². The van der Waals surface area contributed by atoms with Gasteiger partial charge in [-0.3, -0.25) is 0 Å². The molecule has 1 rings (SSSR count). The van der Waals surface area contributed by atoms with Crippen molar-refractivity contribution in [2.24, 2.45) is 0 Å². The van der Waals surface area contributed by atoms with Crippen LogP contribution < -0.4 is 5.32 Å². The number of aromatic nitrogens is 2. The van der Waals surface area contributed by atoms with Crippen LogP contribution in [0.5, 0.6) is 0 Å². The Morgan fingerprint density at radius 2 is 2.41 bits per heavy atom. The Labute approximate surface area is 108 Å². The van der Waals surface area contributed by atoms with Crippen LogP contribution in [0.15, 0.2) is 12.5 Å². The summed E-state index contributed by atoms with van der Waals surface area (Å²) in [5.41, 5.74) is 1.10. The van der Waals surface area contributed by atoms with Gasteiger partial charge in [-0.15, -0.1) is 0 Å². The van der Waals surface area contributed by atoms with E-state index in [9.17, 15) is 0 Å². The summed E-state index contributed by atoms with van der Waals surface area (Å²) in [5, 5.41) is 3.29. The van der Waals surface area contributed by atoms with Crippen molar-refractivity contribution >= 4 is 11.8 Å². The van der Waals surface area contributed by atoms with Crippen LogP contribution in [0.1, 0.15) is 19.0 Å². The first-order valence-corrected chi connectivity index (χ1v) is 7.30. The second-order valence-corrected chi connectivity index (χ2v) is 5.22. The molecule has 4 nitrogen and oxygen atoms in total. The molecule has 0 saturated carbocycles. The molecule has 0 fully saturated rings. The fraction of sp³-hybridized carbons (Fsp3) is 0.750. The Morgan fingerprint density at radius 3 is 3.18 bits per heavy atom. The van der Waals surface area contributed by atoms with Crippen LogP contribution in [0, 0.1) is 0 Å². The Hall–Kier alpha value is -0.520. The largest absolute Gasteiger partial charge is 0.383 e. The van der Waals surface area contributed by atoms with Crippen LogP contribution in [-0.4, -0.2) is 41.3 Å². The van der Waals surface area contributed by atoms with Crippen molar-refractivity contribution in [2.75, 3.05) is 31.8 Å². The Morgan fingerprint density at radius 1 is 1.53 bits per heavy atom. The molecular weight excluding hydrogens is 234 g/mol. The molecule has 0 aliphatic heterocycles. The maximum Gasteiger partial charge on any atom is 0.0949 e. The van der Waals surface area contributed by atoms with Gasteiger partial charge in [-0.1, -0.05) is 6.92 Å². The van der Waals surface area contributed by atoms with Crippen molar-refractivity contribution in [3.63, 3.8) is 0 Å². The molecule has 98 valence electrons. The van der Waals surface area contributed by atoms with E-state index in [0.717, 1.165) is 31.9 Å². The summed E-state index contributed by atoms with van der Waals surface area (Å²) >= 11 is 1.99. The van der Waals surface area contributed by atoms with E-state index in [2.05, 4.69) is 28.0 Å². The highest BCUT2D eigenvalue weighted by Crippen LogP contribution is 2.03. The van der Waals surface area contributed by atoms with E-state index in [4.69, 9.17) is 4.74 Å². The Bertz CT molecular complexity index is 265. The van der Waals surface area contributed by atoms with Crippen LogP contribution >= 0.6 is 11.8 Å². The smallest absolute Gasteiger partial charge is 0.0949 e. The van der Waals surface area contributed by atoms with E-state index in [1.807, 2.05) is 18.1 Å². The molecular formula is C12H23N3OS. The Balaban J connectivity index is 2.14. The van der Waals surface area contributed by atoms with Crippen LogP contribution in [0.2, 0.25) is 0 Å². The number of methoxy groups -OCH3 is 1. The summed E-state index contributed by atoms with van der Waals surface area (Å²) in [4.78, 5) is 4.37. The molecule has 0 aromatic carbocycles. The fourth-order valence-electron chi connectivity index (χ4n) is 1.50. The molecule has 0 atom stereocenters. The van der Waals surface area contributed by atoms with Crippen LogP contribution in [0.4, 0.5) is 0 Å². The molecule has 1 aromatic heterocycles. The molecule has 0 unspecified atom stereocenters. The number of thioether (sulfide) groups is 1. The summed E-state index contributed by atoms with van der Waals surface area (Å²) in [6.45, 7) is 5.70. The number of ether oxygens (including phenoxy) is 1. The number of aryl methyl sites for hydroxylation is 1. The lowest BCUT2D eigenvalue weighted by atomic mass is 10.4. The van der Waals surface area contributed by atoms with Crippen molar-refractivity contribution in [3.8, 4) is 0 Å². The summed E-state index contributed by atoms with van der Waals surface area (Å²) in [6, 6.07) is 0. The topological polar surface area (TPSA) is 39.1 Å². The minimum absolute atomic E-state index is 0.745. The monoisotopic (exact) mass is 257 g/mol. The number of hydrogen-bond donors (Lipinski definition) is 1. The summed E-state index contributed by atoms with van der Waals surface area (Å²) in [6.07, 6.45) is 5.26. The number of rotatable bonds is 10. The van der Waals surface area contributed by atoms with Gasteiger partial charge in [0.25, 0.3) is 0 Å². The average Bonchev–Trinajstić information content (AvgIpc) is 2.78. The van der Waals surface area contributed by atoms with Crippen molar-refractivity contribution in [2.45, 2.75) is 26.4 Å². The second-order valence-electron chi connectivity index (χ2n) is 3.82. The zero-order chi connectivity index (χ0) is 12.3. The van der Waals surface area contributed by atoms with Gasteiger partial charge in [0.05, 0.1) is 18.6 Å².